The van der Waals surface area contributed by atoms with Crippen molar-refractivity contribution in [2.24, 2.45) is 4.99 Å². The molecule has 22 heavy (non-hydrogen) atoms. The molecule has 1 heterocycles. The van der Waals surface area contributed by atoms with E-state index < -0.39 is 0 Å². The van der Waals surface area contributed by atoms with E-state index in [1.165, 1.54) is 11.1 Å². The first-order valence-electron chi connectivity index (χ1n) is 7.93. The van der Waals surface area contributed by atoms with Crippen LogP contribution in [-0.4, -0.2) is 42.9 Å². The fourth-order valence-corrected chi connectivity index (χ4v) is 2.72. The van der Waals surface area contributed by atoms with Crippen molar-refractivity contribution < 1.29 is 4.79 Å². The van der Waals surface area contributed by atoms with Crippen LogP contribution in [0.15, 0.2) is 29.3 Å². The highest BCUT2D eigenvalue weighted by molar-refractivity contribution is 5.80. The Kier molecular flexibility index (Phi) is 5.81. The molecule has 0 saturated carbocycles. The number of hydrogen-bond donors (Lipinski definition) is 2. The Labute approximate surface area is 132 Å². The minimum Gasteiger partial charge on any atom is -0.352 e. The van der Waals surface area contributed by atoms with Crippen LogP contribution in [0.25, 0.3) is 0 Å². The molecule has 2 N–H and O–H groups in total. The number of benzene rings is 1. The van der Waals surface area contributed by atoms with Gasteiger partial charge in [0.2, 0.25) is 5.91 Å². The summed E-state index contributed by atoms with van der Waals surface area (Å²) in [5, 5.41) is 6.74. The molecule has 0 aliphatic carbocycles. The number of hydrogen-bond acceptors (Lipinski definition) is 2. The van der Waals surface area contributed by atoms with E-state index in [-0.39, 0.29) is 11.9 Å². The van der Waals surface area contributed by atoms with E-state index in [1.54, 1.807) is 7.05 Å². The second kappa shape index (κ2) is 7.82. The summed E-state index contributed by atoms with van der Waals surface area (Å²) in [6, 6.07) is 8.70. The number of aliphatic imine (C=N–C) groups is 1. The fourth-order valence-electron chi connectivity index (χ4n) is 2.72. The molecule has 0 aromatic heterocycles. The highest BCUT2D eigenvalue weighted by Crippen LogP contribution is 2.10. The lowest BCUT2D eigenvalue weighted by Crippen LogP contribution is -2.44. The number of aryl methyl sites for hydroxylation is 1. The number of guanidine groups is 1. The number of carbonyl (C=O) groups excluding carboxylic acids is 1. The van der Waals surface area contributed by atoms with Gasteiger partial charge in [-0.25, -0.2) is 0 Å². The zero-order valence-electron chi connectivity index (χ0n) is 13.7. The molecule has 1 aromatic carbocycles. The molecule has 1 saturated heterocycles. The van der Waals surface area contributed by atoms with E-state index in [0.29, 0.717) is 6.42 Å². The third-order valence-corrected chi connectivity index (χ3v) is 3.95. The van der Waals surface area contributed by atoms with E-state index in [1.807, 2.05) is 11.8 Å². The van der Waals surface area contributed by atoms with Gasteiger partial charge < -0.3 is 15.5 Å². The maximum Gasteiger partial charge on any atom is 0.222 e. The van der Waals surface area contributed by atoms with Gasteiger partial charge in [0.05, 0.1) is 0 Å². The Morgan fingerprint density at radius 2 is 2.27 bits per heavy atom. The summed E-state index contributed by atoms with van der Waals surface area (Å²) in [6.45, 7) is 6.34. The van der Waals surface area contributed by atoms with Gasteiger partial charge in [0.15, 0.2) is 5.96 Å². The van der Waals surface area contributed by atoms with E-state index in [9.17, 15) is 4.79 Å². The minimum atomic E-state index is 0.229. The lowest BCUT2D eigenvalue weighted by molar-refractivity contribution is -0.129. The zero-order valence-corrected chi connectivity index (χ0v) is 13.7. The van der Waals surface area contributed by atoms with Gasteiger partial charge in [-0.3, -0.25) is 9.79 Å². The molecule has 1 aromatic rings. The van der Waals surface area contributed by atoms with Gasteiger partial charge in [-0.15, -0.1) is 0 Å². The van der Waals surface area contributed by atoms with Crippen LogP contribution < -0.4 is 10.6 Å². The molecule has 1 unspecified atom stereocenters. The van der Waals surface area contributed by atoms with Gasteiger partial charge in [0, 0.05) is 39.1 Å². The van der Waals surface area contributed by atoms with Gasteiger partial charge in [-0.1, -0.05) is 36.8 Å². The van der Waals surface area contributed by atoms with Gasteiger partial charge in [0.1, 0.15) is 0 Å². The third-order valence-electron chi connectivity index (χ3n) is 3.95. The largest absolute Gasteiger partial charge is 0.352 e. The molecule has 0 spiro atoms. The SMILES string of the molecule is CCC(=O)N1CCC(NC(=NC)NCc2cccc(C)c2)C1. The first kappa shape index (κ1) is 16.3. The standard InChI is InChI=1S/C17H26N4O/c1-4-16(22)21-9-8-15(12-21)20-17(18-3)19-11-14-7-5-6-13(2)10-14/h5-7,10,15H,4,8-9,11-12H2,1-3H3,(H2,18,19,20). The van der Waals surface area contributed by atoms with Crippen LogP contribution in [0.2, 0.25) is 0 Å². The maximum absolute atomic E-state index is 11.7. The van der Waals surface area contributed by atoms with Crippen LogP contribution in [-0.2, 0) is 11.3 Å². The summed E-state index contributed by atoms with van der Waals surface area (Å²) in [5.74, 6) is 1.02. The molecular formula is C17H26N4O. The Hall–Kier alpha value is -2.04. The number of amides is 1. The normalized spacial score (nSPS) is 18.4. The van der Waals surface area contributed by atoms with Gasteiger partial charge in [-0.2, -0.15) is 0 Å². The Balaban J connectivity index is 1.82. The van der Waals surface area contributed by atoms with Crippen molar-refractivity contribution in [1.82, 2.24) is 15.5 Å². The molecule has 1 amide bonds. The quantitative estimate of drug-likeness (QED) is 0.657. The van der Waals surface area contributed by atoms with E-state index >= 15 is 0 Å². The first-order chi connectivity index (χ1) is 10.6. The van der Waals surface area contributed by atoms with Crippen LogP contribution in [0.5, 0.6) is 0 Å². The Morgan fingerprint density at radius 3 is 2.95 bits per heavy atom. The lowest BCUT2D eigenvalue weighted by Gasteiger charge is -2.18. The fraction of sp³-hybridized carbons (Fsp3) is 0.529. The van der Waals surface area contributed by atoms with Crippen molar-refractivity contribution in [3.8, 4) is 0 Å². The smallest absolute Gasteiger partial charge is 0.222 e. The topological polar surface area (TPSA) is 56.7 Å². The molecule has 1 atom stereocenters. The molecule has 2 rings (SSSR count). The van der Waals surface area contributed by atoms with Crippen molar-refractivity contribution in [2.45, 2.75) is 39.3 Å². The van der Waals surface area contributed by atoms with Crippen molar-refractivity contribution in [2.75, 3.05) is 20.1 Å². The monoisotopic (exact) mass is 302 g/mol. The van der Waals surface area contributed by atoms with Gasteiger partial charge in [-0.05, 0) is 18.9 Å². The summed E-state index contributed by atoms with van der Waals surface area (Å²) in [6.07, 6.45) is 1.55. The van der Waals surface area contributed by atoms with Crippen LogP contribution in [0.1, 0.15) is 30.9 Å². The molecular weight excluding hydrogens is 276 g/mol. The number of likely N-dealkylation sites (tertiary alicyclic amines) is 1. The van der Waals surface area contributed by atoms with Gasteiger partial charge in [0.25, 0.3) is 0 Å². The number of nitrogens with one attached hydrogen (secondary N) is 2. The first-order valence-corrected chi connectivity index (χ1v) is 7.93. The predicted molar refractivity (Wildman–Crippen MR) is 89.8 cm³/mol. The molecule has 0 bridgehead atoms. The van der Waals surface area contributed by atoms with E-state index in [2.05, 4.69) is 46.8 Å². The molecule has 0 radical (unpaired) electrons. The third kappa shape index (κ3) is 4.48. The molecule has 5 heteroatoms. The maximum atomic E-state index is 11.7. The Morgan fingerprint density at radius 1 is 1.45 bits per heavy atom. The van der Waals surface area contributed by atoms with E-state index in [4.69, 9.17) is 0 Å². The van der Waals surface area contributed by atoms with Crippen molar-refractivity contribution in [3.63, 3.8) is 0 Å². The van der Waals surface area contributed by atoms with Crippen molar-refractivity contribution in [1.29, 1.82) is 0 Å². The number of carbonyl (C=O) groups is 1. The lowest BCUT2D eigenvalue weighted by atomic mass is 10.1. The summed E-state index contributed by atoms with van der Waals surface area (Å²) < 4.78 is 0. The van der Waals surface area contributed by atoms with Crippen molar-refractivity contribution in [3.05, 3.63) is 35.4 Å². The summed E-state index contributed by atoms with van der Waals surface area (Å²) >= 11 is 0. The summed E-state index contributed by atoms with van der Waals surface area (Å²) in [7, 11) is 1.77. The highest BCUT2D eigenvalue weighted by Gasteiger charge is 2.25. The highest BCUT2D eigenvalue weighted by atomic mass is 16.2. The number of nitrogens with zero attached hydrogens (tertiary/aromatic N) is 2. The molecule has 1 aliphatic heterocycles. The number of rotatable bonds is 4. The summed E-state index contributed by atoms with van der Waals surface area (Å²) in [5.41, 5.74) is 2.49. The van der Waals surface area contributed by atoms with Crippen LogP contribution in [0.3, 0.4) is 0 Å². The second-order valence-corrected chi connectivity index (χ2v) is 5.74. The van der Waals surface area contributed by atoms with Crippen LogP contribution in [0.4, 0.5) is 0 Å². The van der Waals surface area contributed by atoms with Crippen molar-refractivity contribution >= 4 is 11.9 Å². The molecule has 1 fully saturated rings. The minimum absolute atomic E-state index is 0.229. The summed E-state index contributed by atoms with van der Waals surface area (Å²) in [4.78, 5) is 17.9. The molecule has 120 valence electrons. The molecule has 1 aliphatic rings. The average Bonchev–Trinajstić information content (AvgIpc) is 2.99. The zero-order chi connectivity index (χ0) is 15.9. The van der Waals surface area contributed by atoms with Gasteiger partial charge >= 0.3 is 0 Å². The average molecular weight is 302 g/mol. The second-order valence-electron chi connectivity index (χ2n) is 5.74. The predicted octanol–water partition coefficient (Wildman–Crippen LogP) is 1.67. The van der Waals surface area contributed by atoms with Crippen LogP contribution >= 0.6 is 0 Å². The van der Waals surface area contributed by atoms with Crippen LogP contribution in [0, 0.1) is 6.92 Å². The molecule has 5 nitrogen and oxygen atoms in total. The Bertz CT molecular complexity index is 541. The van der Waals surface area contributed by atoms with E-state index in [0.717, 1.165) is 32.0 Å².